The molecule has 0 saturated carbocycles. The molecule has 0 aliphatic heterocycles. The summed E-state index contributed by atoms with van der Waals surface area (Å²) in [5.41, 5.74) is 5.36. The highest BCUT2D eigenvalue weighted by Crippen LogP contribution is 2.29. The van der Waals surface area contributed by atoms with Gasteiger partial charge >= 0.3 is 0 Å². The Hall–Kier alpha value is -1.89. The van der Waals surface area contributed by atoms with E-state index < -0.39 is 0 Å². The van der Waals surface area contributed by atoms with Crippen molar-refractivity contribution in [3.8, 4) is 0 Å². The lowest BCUT2D eigenvalue weighted by Crippen LogP contribution is -2.35. The van der Waals surface area contributed by atoms with Gasteiger partial charge in [0.2, 0.25) is 11.9 Å². The van der Waals surface area contributed by atoms with Crippen LogP contribution in [-0.2, 0) is 4.79 Å². The second-order valence-corrected chi connectivity index (χ2v) is 5.40. The number of amides is 1. The van der Waals surface area contributed by atoms with Crippen molar-refractivity contribution >= 4 is 39.2 Å². The third-order valence-electron chi connectivity index (χ3n) is 2.96. The second-order valence-electron chi connectivity index (χ2n) is 4.50. The van der Waals surface area contributed by atoms with Crippen molar-refractivity contribution in [2.24, 2.45) is 5.73 Å². The van der Waals surface area contributed by atoms with Crippen molar-refractivity contribution in [2.45, 2.75) is 19.8 Å². The van der Waals surface area contributed by atoms with E-state index in [9.17, 15) is 4.79 Å². The smallest absolute Gasteiger partial charge is 0.236 e. The van der Waals surface area contributed by atoms with Gasteiger partial charge in [-0.25, -0.2) is 4.98 Å². The highest BCUT2D eigenvalue weighted by Gasteiger charge is 2.16. The van der Waals surface area contributed by atoms with Gasteiger partial charge in [-0.05, 0) is 17.9 Å². The summed E-state index contributed by atoms with van der Waals surface area (Å²) in [6, 6.07) is 1.98. The van der Waals surface area contributed by atoms with Crippen LogP contribution in [0.5, 0.6) is 0 Å². The van der Waals surface area contributed by atoms with Gasteiger partial charge in [0, 0.05) is 13.6 Å². The highest BCUT2D eigenvalue weighted by molar-refractivity contribution is 7.16. The largest absolute Gasteiger partial charge is 0.368 e. The van der Waals surface area contributed by atoms with E-state index in [0.29, 0.717) is 5.95 Å². The fraction of sp³-hybridized carbons (Fsp3) is 0.462. The van der Waals surface area contributed by atoms with Crippen LogP contribution in [0.25, 0.3) is 10.2 Å². The summed E-state index contributed by atoms with van der Waals surface area (Å²) in [5, 5.41) is 5.90. The van der Waals surface area contributed by atoms with Crippen LogP contribution in [-0.4, -0.2) is 36.0 Å². The Morgan fingerprint density at radius 1 is 1.50 bits per heavy atom. The zero-order valence-electron chi connectivity index (χ0n) is 11.7. The monoisotopic (exact) mass is 293 g/mol. The number of carbonyl (C=O) groups is 1. The van der Waals surface area contributed by atoms with Crippen LogP contribution in [0.4, 0.5) is 11.8 Å². The lowest BCUT2D eigenvalue weighted by Gasteiger charge is -2.23. The van der Waals surface area contributed by atoms with Crippen LogP contribution < -0.4 is 16.0 Å². The highest BCUT2D eigenvalue weighted by atomic mass is 32.1. The van der Waals surface area contributed by atoms with Crippen LogP contribution >= 0.6 is 11.3 Å². The van der Waals surface area contributed by atoms with E-state index in [1.807, 2.05) is 16.3 Å². The minimum absolute atomic E-state index is 0.172. The summed E-state index contributed by atoms with van der Waals surface area (Å²) in [7, 11) is 1.78. The first kappa shape index (κ1) is 14.5. The van der Waals surface area contributed by atoms with Crippen molar-refractivity contribution in [1.82, 2.24) is 9.97 Å². The normalized spacial score (nSPS) is 10.7. The van der Waals surface area contributed by atoms with Gasteiger partial charge in [-0.3, -0.25) is 4.79 Å². The summed E-state index contributed by atoms with van der Waals surface area (Å²) >= 11 is 1.56. The van der Waals surface area contributed by atoms with E-state index in [1.54, 1.807) is 18.4 Å². The lowest BCUT2D eigenvalue weighted by atomic mass is 10.2. The zero-order chi connectivity index (χ0) is 14.5. The molecule has 3 N–H and O–H groups in total. The van der Waals surface area contributed by atoms with E-state index >= 15 is 0 Å². The van der Waals surface area contributed by atoms with Crippen molar-refractivity contribution < 1.29 is 4.79 Å². The molecular weight excluding hydrogens is 274 g/mol. The molecule has 1 amide bonds. The van der Waals surface area contributed by atoms with Crippen LogP contribution in [0.1, 0.15) is 19.8 Å². The summed E-state index contributed by atoms with van der Waals surface area (Å²) in [6.45, 7) is 3.04. The maximum Gasteiger partial charge on any atom is 0.236 e. The number of primary amides is 1. The number of unbranched alkanes of at least 4 members (excludes halogenated alkanes) is 1. The first-order valence-electron chi connectivity index (χ1n) is 6.62. The van der Waals surface area contributed by atoms with Crippen molar-refractivity contribution in [2.75, 3.05) is 30.4 Å². The molecule has 0 aliphatic carbocycles. The van der Waals surface area contributed by atoms with Gasteiger partial charge in [0.05, 0.1) is 11.9 Å². The Labute approximate surface area is 122 Å². The Kier molecular flexibility index (Phi) is 4.73. The molecule has 7 heteroatoms. The Morgan fingerprint density at radius 2 is 2.30 bits per heavy atom. The maximum absolute atomic E-state index is 11.3. The number of nitrogens with one attached hydrogen (secondary N) is 1. The first-order valence-corrected chi connectivity index (χ1v) is 7.50. The third kappa shape index (κ3) is 3.16. The molecule has 2 aromatic heterocycles. The SMILES string of the molecule is CCCCN(CC(N)=O)c1nc(NC)nc2sccc12. The number of carbonyl (C=O) groups excluding carboxylic acids is 1. The molecule has 0 atom stereocenters. The number of hydrogen-bond donors (Lipinski definition) is 2. The molecule has 6 nitrogen and oxygen atoms in total. The van der Waals surface area contributed by atoms with E-state index in [1.165, 1.54) is 0 Å². The fourth-order valence-corrected chi connectivity index (χ4v) is 2.75. The number of rotatable bonds is 7. The van der Waals surface area contributed by atoms with Gasteiger partial charge < -0.3 is 16.0 Å². The molecule has 0 spiro atoms. The lowest BCUT2D eigenvalue weighted by molar-refractivity contribution is -0.116. The van der Waals surface area contributed by atoms with Crippen molar-refractivity contribution in [1.29, 1.82) is 0 Å². The van der Waals surface area contributed by atoms with Crippen LogP contribution in [0.15, 0.2) is 11.4 Å². The van der Waals surface area contributed by atoms with Crippen LogP contribution in [0.3, 0.4) is 0 Å². The average Bonchev–Trinajstić information content (AvgIpc) is 2.90. The third-order valence-corrected chi connectivity index (χ3v) is 3.76. The number of hydrogen-bond acceptors (Lipinski definition) is 6. The molecule has 0 fully saturated rings. The number of nitrogens with two attached hydrogens (primary N) is 1. The van der Waals surface area contributed by atoms with Crippen molar-refractivity contribution in [3.05, 3.63) is 11.4 Å². The van der Waals surface area contributed by atoms with E-state index in [0.717, 1.165) is 35.4 Å². The molecule has 0 radical (unpaired) electrons. The molecular formula is C13H19N5OS. The Bertz CT molecular complexity index is 597. The van der Waals surface area contributed by atoms with Gasteiger partial charge in [0.25, 0.3) is 0 Å². The minimum atomic E-state index is -0.353. The molecule has 20 heavy (non-hydrogen) atoms. The molecule has 0 saturated heterocycles. The van der Waals surface area contributed by atoms with Gasteiger partial charge in [-0.1, -0.05) is 13.3 Å². The van der Waals surface area contributed by atoms with Gasteiger partial charge in [-0.2, -0.15) is 4.98 Å². The minimum Gasteiger partial charge on any atom is -0.368 e. The molecule has 2 rings (SSSR count). The summed E-state index contributed by atoms with van der Waals surface area (Å²) < 4.78 is 0. The zero-order valence-corrected chi connectivity index (χ0v) is 12.5. The Morgan fingerprint density at radius 3 is 2.95 bits per heavy atom. The molecule has 0 aliphatic rings. The number of nitrogens with zero attached hydrogens (tertiary/aromatic N) is 3. The van der Waals surface area contributed by atoms with Crippen molar-refractivity contribution in [3.63, 3.8) is 0 Å². The fourth-order valence-electron chi connectivity index (χ4n) is 1.99. The van der Waals surface area contributed by atoms with E-state index in [2.05, 4.69) is 22.2 Å². The topological polar surface area (TPSA) is 84.1 Å². The summed E-state index contributed by atoms with van der Waals surface area (Å²) in [6.07, 6.45) is 2.03. The molecule has 2 heterocycles. The average molecular weight is 293 g/mol. The number of anilines is 2. The van der Waals surface area contributed by atoms with Crippen LogP contribution in [0.2, 0.25) is 0 Å². The van der Waals surface area contributed by atoms with E-state index in [-0.39, 0.29) is 12.5 Å². The first-order chi connectivity index (χ1) is 9.65. The predicted octanol–water partition coefficient (Wildman–Crippen LogP) is 1.82. The molecule has 0 unspecified atom stereocenters. The number of fused-ring (bicyclic) bond motifs is 1. The summed E-state index contributed by atoms with van der Waals surface area (Å²) in [4.78, 5) is 23.1. The maximum atomic E-state index is 11.3. The van der Waals surface area contributed by atoms with Gasteiger partial charge in [0.1, 0.15) is 10.6 Å². The number of thiophene rings is 1. The Balaban J connectivity index is 2.44. The predicted molar refractivity (Wildman–Crippen MR) is 83.3 cm³/mol. The molecule has 0 bridgehead atoms. The van der Waals surface area contributed by atoms with E-state index in [4.69, 9.17) is 5.73 Å². The molecule has 2 aromatic rings. The quantitative estimate of drug-likeness (QED) is 0.813. The van der Waals surface area contributed by atoms with Gasteiger partial charge in [0.15, 0.2) is 0 Å². The molecule has 108 valence electrons. The summed E-state index contributed by atoms with van der Waals surface area (Å²) in [5.74, 6) is 0.975. The number of aromatic nitrogens is 2. The van der Waals surface area contributed by atoms with Gasteiger partial charge in [-0.15, -0.1) is 11.3 Å². The van der Waals surface area contributed by atoms with Crippen LogP contribution in [0, 0.1) is 0 Å². The standard InChI is InChI=1S/C13H19N5OS/c1-3-4-6-18(8-10(14)19)11-9-5-7-20-12(9)17-13(15-2)16-11/h5,7H,3-4,6,8H2,1-2H3,(H2,14,19)(H,15,16,17). The second kappa shape index (κ2) is 6.51. The molecule has 0 aromatic carbocycles.